The van der Waals surface area contributed by atoms with Crippen LogP contribution in [0.3, 0.4) is 0 Å². The lowest BCUT2D eigenvalue weighted by molar-refractivity contribution is -0.133. The van der Waals surface area contributed by atoms with Gasteiger partial charge in [0.1, 0.15) is 11.4 Å². The molecule has 1 fully saturated rings. The van der Waals surface area contributed by atoms with Crippen LogP contribution in [0.4, 0.5) is 0 Å². The van der Waals surface area contributed by atoms with Gasteiger partial charge in [0.15, 0.2) is 0 Å². The Morgan fingerprint density at radius 2 is 1.96 bits per heavy atom. The highest BCUT2D eigenvalue weighted by atomic mass is 35.5. The van der Waals surface area contributed by atoms with Crippen LogP contribution < -0.4 is 5.56 Å². The summed E-state index contributed by atoms with van der Waals surface area (Å²) in [6, 6.07) is 7.38. The van der Waals surface area contributed by atoms with Crippen LogP contribution in [0.5, 0.6) is 0 Å². The Balaban J connectivity index is 1.65. The molecule has 0 N–H and O–H groups in total. The highest BCUT2D eigenvalue weighted by molar-refractivity contribution is 7.17. The Kier molecular flexibility index (Phi) is 5.02. The fourth-order valence-electron chi connectivity index (χ4n) is 3.43. The number of thiophene rings is 1. The number of hydrogen-bond acceptors (Lipinski definition) is 4. The summed E-state index contributed by atoms with van der Waals surface area (Å²) >= 11 is 7.40. The summed E-state index contributed by atoms with van der Waals surface area (Å²) in [6.45, 7) is 3.77. The van der Waals surface area contributed by atoms with Crippen molar-refractivity contribution in [3.05, 3.63) is 51.3 Å². The summed E-state index contributed by atoms with van der Waals surface area (Å²) in [4.78, 5) is 32.6. The van der Waals surface area contributed by atoms with Gasteiger partial charge in [-0.15, -0.1) is 11.3 Å². The van der Waals surface area contributed by atoms with E-state index in [4.69, 9.17) is 11.6 Å². The van der Waals surface area contributed by atoms with Crippen LogP contribution in [0.15, 0.2) is 40.8 Å². The molecular weight excluding hydrogens is 382 g/mol. The van der Waals surface area contributed by atoms with Crippen LogP contribution in [0, 0.1) is 5.92 Å². The molecule has 0 atom stereocenters. The van der Waals surface area contributed by atoms with Crippen LogP contribution in [0.25, 0.3) is 21.3 Å². The number of amides is 1. The fourth-order valence-corrected chi connectivity index (χ4v) is 4.46. The monoisotopic (exact) mass is 401 g/mol. The van der Waals surface area contributed by atoms with Crippen LogP contribution >= 0.6 is 22.9 Å². The summed E-state index contributed by atoms with van der Waals surface area (Å²) < 4.78 is 1.43. The molecule has 0 aliphatic carbocycles. The molecule has 3 heterocycles. The van der Waals surface area contributed by atoms with Gasteiger partial charge in [0.25, 0.3) is 5.56 Å². The van der Waals surface area contributed by atoms with Crippen molar-refractivity contribution in [1.29, 1.82) is 0 Å². The van der Waals surface area contributed by atoms with E-state index >= 15 is 0 Å². The van der Waals surface area contributed by atoms with Crippen molar-refractivity contribution in [1.82, 2.24) is 14.5 Å². The van der Waals surface area contributed by atoms with Gasteiger partial charge in [-0.3, -0.25) is 14.2 Å². The van der Waals surface area contributed by atoms with E-state index in [1.165, 1.54) is 22.2 Å². The van der Waals surface area contributed by atoms with E-state index in [-0.39, 0.29) is 18.0 Å². The van der Waals surface area contributed by atoms with Crippen molar-refractivity contribution < 1.29 is 4.79 Å². The first-order valence-corrected chi connectivity index (χ1v) is 10.3. The smallest absolute Gasteiger partial charge is 0.263 e. The summed E-state index contributed by atoms with van der Waals surface area (Å²) in [5.41, 5.74) is 1.57. The minimum absolute atomic E-state index is 0.0200. The Labute approximate surface area is 166 Å². The Hall–Kier alpha value is -2.18. The average molecular weight is 402 g/mol. The molecule has 140 valence electrons. The Morgan fingerprint density at radius 1 is 1.26 bits per heavy atom. The lowest BCUT2D eigenvalue weighted by atomic mass is 9.99. The number of piperidine rings is 1. The molecule has 1 aromatic carbocycles. The van der Waals surface area contributed by atoms with Crippen LogP contribution in [0.2, 0.25) is 5.02 Å². The lowest BCUT2D eigenvalue weighted by Gasteiger charge is -2.30. The maximum atomic E-state index is 13.1. The molecular formula is C20H20ClN3O2S. The zero-order valence-electron chi connectivity index (χ0n) is 15.0. The number of benzene rings is 1. The molecule has 0 radical (unpaired) electrons. The number of nitrogens with zero attached hydrogens (tertiary/aromatic N) is 3. The maximum absolute atomic E-state index is 13.1. The molecule has 7 heteroatoms. The standard InChI is InChI=1S/C20H20ClN3O2S/c1-13-6-8-23(9-7-13)17(25)10-24-12-22-19-18(20(24)26)16(11-27-19)14-2-4-15(21)5-3-14/h2-5,11-13H,6-10H2,1H3. The molecule has 1 amide bonds. The van der Waals surface area contributed by atoms with E-state index in [0.717, 1.165) is 37.1 Å². The number of halogens is 1. The SMILES string of the molecule is CC1CCN(C(=O)Cn2cnc3scc(-c4ccc(Cl)cc4)c3c2=O)CC1. The second-order valence-electron chi connectivity index (χ2n) is 7.08. The normalized spacial score (nSPS) is 15.4. The largest absolute Gasteiger partial charge is 0.341 e. The summed E-state index contributed by atoms with van der Waals surface area (Å²) in [5.74, 6) is 0.635. The van der Waals surface area contributed by atoms with Gasteiger partial charge in [-0.2, -0.15) is 0 Å². The minimum atomic E-state index is -0.176. The first-order chi connectivity index (χ1) is 13.0. The molecule has 1 aliphatic heterocycles. The van der Waals surface area contributed by atoms with Gasteiger partial charge in [-0.05, 0) is 36.5 Å². The third-order valence-electron chi connectivity index (χ3n) is 5.16. The maximum Gasteiger partial charge on any atom is 0.263 e. The molecule has 0 saturated carbocycles. The van der Waals surface area contributed by atoms with E-state index in [0.29, 0.717) is 21.2 Å². The first-order valence-electron chi connectivity index (χ1n) is 9.03. The third-order valence-corrected chi connectivity index (χ3v) is 6.30. The number of aromatic nitrogens is 2. The van der Waals surface area contributed by atoms with Gasteiger partial charge in [0.05, 0.1) is 11.7 Å². The minimum Gasteiger partial charge on any atom is -0.341 e. The number of carbonyl (C=O) groups excluding carboxylic acids is 1. The molecule has 4 rings (SSSR count). The zero-order valence-corrected chi connectivity index (χ0v) is 16.6. The highest BCUT2D eigenvalue weighted by Crippen LogP contribution is 2.31. The van der Waals surface area contributed by atoms with Crippen molar-refractivity contribution in [3.8, 4) is 11.1 Å². The van der Waals surface area contributed by atoms with Crippen LogP contribution in [0.1, 0.15) is 19.8 Å². The molecule has 0 spiro atoms. The van der Waals surface area contributed by atoms with E-state index in [2.05, 4.69) is 11.9 Å². The number of hydrogen-bond donors (Lipinski definition) is 0. The lowest BCUT2D eigenvalue weighted by Crippen LogP contribution is -2.41. The van der Waals surface area contributed by atoms with E-state index in [1.807, 2.05) is 22.4 Å². The first kappa shape index (κ1) is 18.2. The molecule has 0 bridgehead atoms. The van der Waals surface area contributed by atoms with Crippen molar-refractivity contribution in [2.45, 2.75) is 26.3 Å². The average Bonchev–Trinajstić information content (AvgIpc) is 3.10. The Morgan fingerprint density at radius 3 is 2.67 bits per heavy atom. The van der Waals surface area contributed by atoms with Gasteiger partial charge in [-0.25, -0.2) is 4.98 Å². The molecule has 0 unspecified atom stereocenters. The number of fused-ring (bicyclic) bond motifs is 1. The van der Waals surface area contributed by atoms with Crippen molar-refractivity contribution in [2.75, 3.05) is 13.1 Å². The second kappa shape index (κ2) is 7.44. The van der Waals surface area contributed by atoms with Gasteiger partial charge in [-0.1, -0.05) is 30.7 Å². The topological polar surface area (TPSA) is 55.2 Å². The predicted octanol–water partition coefficient (Wildman–Crippen LogP) is 4.04. The highest BCUT2D eigenvalue weighted by Gasteiger charge is 2.21. The molecule has 5 nitrogen and oxygen atoms in total. The number of carbonyl (C=O) groups is 1. The summed E-state index contributed by atoms with van der Waals surface area (Å²) in [6.07, 6.45) is 3.52. The van der Waals surface area contributed by atoms with Gasteiger partial charge in [0, 0.05) is 29.1 Å². The zero-order chi connectivity index (χ0) is 19.0. The summed E-state index contributed by atoms with van der Waals surface area (Å²) in [5, 5.41) is 3.14. The second-order valence-corrected chi connectivity index (χ2v) is 8.37. The third kappa shape index (κ3) is 3.64. The fraction of sp³-hybridized carbons (Fsp3) is 0.350. The van der Waals surface area contributed by atoms with E-state index < -0.39 is 0 Å². The van der Waals surface area contributed by atoms with Crippen molar-refractivity contribution in [2.24, 2.45) is 5.92 Å². The van der Waals surface area contributed by atoms with E-state index in [9.17, 15) is 9.59 Å². The molecule has 27 heavy (non-hydrogen) atoms. The Bertz CT molecular complexity index is 1030. The van der Waals surface area contributed by atoms with Crippen molar-refractivity contribution in [3.63, 3.8) is 0 Å². The van der Waals surface area contributed by atoms with Crippen LogP contribution in [-0.4, -0.2) is 33.4 Å². The van der Waals surface area contributed by atoms with Gasteiger partial charge >= 0.3 is 0 Å². The van der Waals surface area contributed by atoms with Gasteiger partial charge in [0.2, 0.25) is 5.91 Å². The van der Waals surface area contributed by atoms with E-state index in [1.54, 1.807) is 12.1 Å². The van der Waals surface area contributed by atoms with Crippen molar-refractivity contribution >= 4 is 39.1 Å². The number of rotatable bonds is 3. The molecule has 3 aromatic rings. The van der Waals surface area contributed by atoms with Gasteiger partial charge < -0.3 is 4.90 Å². The number of likely N-dealkylation sites (tertiary alicyclic amines) is 1. The predicted molar refractivity (Wildman–Crippen MR) is 109 cm³/mol. The quantitative estimate of drug-likeness (QED) is 0.665. The molecule has 1 aliphatic rings. The molecule has 2 aromatic heterocycles. The molecule has 1 saturated heterocycles. The van der Waals surface area contributed by atoms with Crippen LogP contribution in [-0.2, 0) is 11.3 Å². The summed E-state index contributed by atoms with van der Waals surface area (Å²) in [7, 11) is 0.